The van der Waals surface area contributed by atoms with Crippen molar-refractivity contribution in [3.63, 3.8) is 0 Å². The van der Waals surface area contributed by atoms with Crippen LogP contribution in [0.2, 0.25) is 5.02 Å². The van der Waals surface area contributed by atoms with Crippen LogP contribution in [0.1, 0.15) is 12.1 Å². The molecule has 6 nitrogen and oxygen atoms in total. The minimum atomic E-state index is -0.0858. The smallest absolute Gasteiger partial charge is 0.240 e. The van der Waals surface area contributed by atoms with E-state index in [2.05, 4.69) is 20.3 Å². The van der Waals surface area contributed by atoms with Crippen molar-refractivity contribution in [2.24, 2.45) is 0 Å². The van der Waals surface area contributed by atoms with Crippen molar-refractivity contribution in [3.8, 4) is 0 Å². The highest BCUT2D eigenvalue weighted by Gasteiger charge is 2.19. The number of amides is 1. The fourth-order valence-corrected chi connectivity index (χ4v) is 3.14. The Hall–Kier alpha value is -2.05. The highest BCUT2D eigenvalue weighted by atomic mass is 35.5. The maximum atomic E-state index is 12.1. The summed E-state index contributed by atoms with van der Waals surface area (Å²) in [5.74, 6) is 0.308. The number of hydrogen-bond acceptors (Lipinski definition) is 5. The second kappa shape index (κ2) is 7.68. The SMILES string of the molecule is Cc1cc(NC(=O)CN2CCCN(c3ccccc3Cl)CC2)on1. The molecule has 2 aromatic rings. The maximum absolute atomic E-state index is 12.1. The number of rotatable bonds is 4. The van der Waals surface area contributed by atoms with Crippen molar-refractivity contribution < 1.29 is 9.32 Å². The van der Waals surface area contributed by atoms with Crippen molar-refractivity contribution in [1.82, 2.24) is 10.1 Å². The second-order valence-corrected chi connectivity index (χ2v) is 6.36. The molecule has 1 aliphatic rings. The molecule has 0 bridgehead atoms. The average molecular weight is 349 g/mol. The Bertz CT molecular complexity index is 703. The number of hydrogen-bond donors (Lipinski definition) is 1. The number of halogens is 1. The van der Waals surface area contributed by atoms with Crippen LogP contribution in [-0.2, 0) is 4.79 Å². The maximum Gasteiger partial charge on any atom is 0.240 e. The number of nitrogens with zero attached hydrogens (tertiary/aromatic N) is 3. The first kappa shape index (κ1) is 16.8. The third-order valence-corrected chi connectivity index (χ3v) is 4.36. The molecule has 1 aromatic carbocycles. The zero-order valence-corrected chi connectivity index (χ0v) is 14.4. The molecule has 1 amide bonds. The van der Waals surface area contributed by atoms with E-state index in [0.29, 0.717) is 12.4 Å². The van der Waals surface area contributed by atoms with E-state index in [1.165, 1.54) is 0 Å². The van der Waals surface area contributed by atoms with Gasteiger partial charge in [-0.05, 0) is 25.5 Å². The summed E-state index contributed by atoms with van der Waals surface area (Å²) in [4.78, 5) is 16.6. The van der Waals surface area contributed by atoms with Crippen LogP contribution in [0.25, 0.3) is 0 Å². The monoisotopic (exact) mass is 348 g/mol. The van der Waals surface area contributed by atoms with Gasteiger partial charge in [-0.3, -0.25) is 15.0 Å². The van der Waals surface area contributed by atoms with E-state index in [0.717, 1.165) is 49.0 Å². The molecule has 1 aromatic heterocycles. The van der Waals surface area contributed by atoms with Crippen LogP contribution in [-0.4, -0.2) is 48.7 Å². The van der Waals surface area contributed by atoms with Crippen molar-refractivity contribution >= 4 is 29.1 Å². The summed E-state index contributed by atoms with van der Waals surface area (Å²) < 4.78 is 5.01. The number of benzene rings is 1. The number of anilines is 2. The molecule has 0 atom stereocenters. The van der Waals surface area contributed by atoms with Gasteiger partial charge in [0.2, 0.25) is 11.8 Å². The number of carbonyl (C=O) groups is 1. The zero-order valence-electron chi connectivity index (χ0n) is 13.7. The molecule has 0 unspecified atom stereocenters. The van der Waals surface area contributed by atoms with E-state index >= 15 is 0 Å². The van der Waals surface area contributed by atoms with E-state index in [1.807, 2.05) is 31.2 Å². The Morgan fingerprint density at radius 3 is 2.88 bits per heavy atom. The van der Waals surface area contributed by atoms with Crippen LogP contribution in [0.3, 0.4) is 0 Å². The molecular weight excluding hydrogens is 328 g/mol. The van der Waals surface area contributed by atoms with Gasteiger partial charge < -0.3 is 9.42 Å². The lowest BCUT2D eigenvalue weighted by Gasteiger charge is -2.24. The summed E-state index contributed by atoms with van der Waals surface area (Å²) >= 11 is 6.29. The van der Waals surface area contributed by atoms with Crippen LogP contribution in [0.15, 0.2) is 34.9 Å². The molecule has 1 aliphatic heterocycles. The van der Waals surface area contributed by atoms with E-state index in [9.17, 15) is 4.79 Å². The zero-order chi connectivity index (χ0) is 16.9. The second-order valence-electron chi connectivity index (χ2n) is 5.95. The molecule has 2 heterocycles. The van der Waals surface area contributed by atoms with Crippen molar-refractivity contribution in [3.05, 3.63) is 41.0 Å². The highest BCUT2D eigenvalue weighted by molar-refractivity contribution is 6.33. The lowest BCUT2D eigenvalue weighted by molar-refractivity contribution is -0.117. The van der Waals surface area contributed by atoms with Crippen LogP contribution >= 0.6 is 11.6 Å². The average Bonchev–Trinajstić information content (AvgIpc) is 2.81. The van der Waals surface area contributed by atoms with Gasteiger partial charge in [-0.25, -0.2) is 0 Å². The molecular formula is C17H21ClN4O2. The Morgan fingerprint density at radius 1 is 1.29 bits per heavy atom. The Morgan fingerprint density at radius 2 is 2.12 bits per heavy atom. The summed E-state index contributed by atoms with van der Waals surface area (Å²) in [5.41, 5.74) is 1.80. The first-order valence-electron chi connectivity index (χ1n) is 8.07. The van der Waals surface area contributed by atoms with E-state index in [1.54, 1.807) is 6.07 Å². The minimum Gasteiger partial charge on any atom is -0.369 e. The third-order valence-electron chi connectivity index (χ3n) is 4.04. The van der Waals surface area contributed by atoms with Crippen LogP contribution in [0, 0.1) is 6.92 Å². The molecule has 3 rings (SSSR count). The van der Waals surface area contributed by atoms with Crippen LogP contribution in [0.4, 0.5) is 11.6 Å². The van der Waals surface area contributed by atoms with Gasteiger partial charge in [0.05, 0.1) is 22.9 Å². The molecule has 128 valence electrons. The van der Waals surface area contributed by atoms with Gasteiger partial charge in [0, 0.05) is 32.2 Å². The van der Waals surface area contributed by atoms with Gasteiger partial charge >= 0.3 is 0 Å². The normalized spacial score (nSPS) is 16.0. The number of aromatic nitrogens is 1. The number of aryl methyl sites for hydroxylation is 1. The van der Waals surface area contributed by atoms with Gasteiger partial charge in [0.1, 0.15) is 0 Å². The van der Waals surface area contributed by atoms with Gasteiger partial charge in [-0.2, -0.15) is 0 Å². The Balaban J connectivity index is 1.54. The predicted molar refractivity (Wildman–Crippen MR) is 94.6 cm³/mol. The topological polar surface area (TPSA) is 61.6 Å². The number of carbonyl (C=O) groups excluding carboxylic acids is 1. The summed E-state index contributed by atoms with van der Waals surface area (Å²) in [5, 5.41) is 7.27. The molecule has 0 aliphatic carbocycles. The first-order valence-corrected chi connectivity index (χ1v) is 8.44. The summed E-state index contributed by atoms with van der Waals surface area (Å²) in [6, 6.07) is 9.59. The summed E-state index contributed by atoms with van der Waals surface area (Å²) in [6.45, 7) is 5.63. The fourth-order valence-electron chi connectivity index (χ4n) is 2.88. The summed E-state index contributed by atoms with van der Waals surface area (Å²) in [6.07, 6.45) is 0.986. The van der Waals surface area contributed by atoms with Crippen LogP contribution in [0.5, 0.6) is 0 Å². The van der Waals surface area contributed by atoms with Crippen molar-refractivity contribution in [2.75, 3.05) is 42.9 Å². The Kier molecular flexibility index (Phi) is 5.37. The van der Waals surface area contributed by atoms with Crippen molar-refractivity contribution in [2.45, 2.75) is 13.3 Å². The fraction of sp³-hybridized carbons (Fsp3) is 0.412. The lowest BCUT2D eigenvalue weighted by Crippen LogP contribution is -2.36. The third kappa shape index (κ3) is 4.27. The standard InChI is InChI=1S/C17H21ClN4O2/c1-13-11-17(24-20-13)19-16(23)12-21-7-4-8-22(10-9-21)15-6-3-2-5-14(15)18/h2-3,5-6,11H,4,7-10,12H2,1H3,(H,19,23). The molecule has 0 spiro atoms. The Labute approximate surface area is 146 Å². The minimum absolute atomic E-state index is 0.0858. The summed E-state index contributed by atoms with van der Waals surface area (Å²) in [7, 11) is 0. The van der Waals surface area contributed by atoms with Crippen LogP contribution < -0.4 is 10.2 Å². The van der Waals surface area contributed by atoms with Crippen molar-refractivity contribution in [1.29, 1.82) is 0 Å². The number of para-hydroxylation sites is 1. The first-order chi connectivity index (χ1) is 11.6. The molecule has 1 N–H and O–H groups in total. The highest BCUT2D eigenvalue weighted by Crippen LogP contribution is 2.26. The largest absolute Gasteiger partial charge is 0.369 e. The predicted octanol–water partition coefficient (Wildman–Crippen LogP) is 2.79. The van der Waals surface area contributed by atoms with Gasteiger partial charge in [-0.1, -0.05) is 28.9 Å². The van der Waals surface area contributed by atoms with Gasteiger partial charge in [0.25, 0.3) is 0 Å². The number of nitrogens with one attached hydrogen (secondary N) is 1. The van der Waals surface area contributed by atoms with E-state index in [4.69, 9.17) is 16.1 Å². The van der Waals surface area contributed by atoms with Gasteiger partial charge in [0.15, 0.2) is 0 Å². The molecule has 7 heteroatoms. The lowest BCUT2D eigenvalue weighted by atomic mass is 10.2. The van der Waals surface area contributed by atoms with E-state index < -0.39 is 0 Å². The molecule has 1 fully saturated rings. The molecule has 24 heavy (non-hydrogen) atoms. The van der Waals surface area contributed by atoms with E-state index in [-0.39, 0.29) is 5.91 Å². The van der Waals surface area contributed by atoms with Gasteiger partial charge in [-0.15, -0.1) is 0 Å². The molecule has 0 saturated carbocycles. The molecule has 1 saturated heterocycles. The molecule has 0 radical (unpaired) electrons. The quantitative estimate of drug-likeness (QED) is 0.920.